The van der Waals surface area contributed by atoms with Crippen molar-refractivity contribution in [2.45, 2.75) is 33.7 Å². The first-order chi connectivity index (χ1) is 9.84. The minimum Gasteiger partial charge on any atom is -0.494 e. The molecule has 2 aromatic rings. The molecular weight excluding hydrogens is 268 g/mol. The first-order valence-electron chi connectivity index (χ1n) is 6.98. The summed E-state index contributed by atoms with van der Waals surface area (Å²) in [6, 6.07) is 7.04. The molecule has 0 fully saturated rings. The summed E-state index contributed by atoms with van der Waals surface area (Å²) in [7, 11) is 0. The second kappa shape index (κ2) is 5.60. The van der Waals surface area contributed by atoms with Crippen molar-refractivity contribution in [1.29, 1.82) is 0 Å². The normalized spacial score (nSPS) is 12.6. The Morgan fingerprint density at radius 2 is 1.76 bits per heavy atom. The molecule has 2 N–H and O–H groups in total. The van der Waals surface area contributed by atoms with E-state index in [0.717, 1.165) is 5.56 Å². The average molecular weight is 288 g/mol. The van der Waals surface area contributed by atoms with E-state index in [1.807, 2.05) is 39.8 Å². The quantitative estimate of drug-likeness (QED) is 0.911. The molecular formula is C16H20N2O3. The van der Waals surface area contributed by atoms with Crippen molar-refractivity contribution in [3.8, 4) is 17.0 Å². The Balaban J connectivity index is 2.81. The number of aryl methyl sites for hydroxylation is 1. The SMILES string of the molecule is Cc1ccccc1-c1c(O)n(C(C)C(C)C)c(=O)[nH]c1=O. The Morgan fingerprint density at radius 1 is 1.14 bits per heavy atom. The van der Waals surface area contributed by atoms with Gasteiger partial charge in [0.2, 0.25) is 5.88 Å². The topological polar surface area (TPSA) is 75.1 Å². The van der Waals surface area contributed by atoms with E-state index in [4.69, 9.17) is 0 Å². The fourth-order valence-electron chi connectivity index (χ4n) is 2.31. The van der Waals surface area contributed by atoms with E-state index in [0.29, 0.717) is 5.56 Å². The van der Waals surface area contributed by atoms with Crippen LogP contribution in [-0.2, 0) is 0 Å². The van der Waals surface area contributed by atoms with Crippen LogP contribution >= 0.6 is 0 Å². The maximum atomic E-state index is 12.1. The van der Waals surface area contributed by atoms with Gasteiger partial charge in [0.1, 0.15) is 5.56 Å². The summed E-state index contributed by atoms with van der Waals surface area (Å²) in [5.74, 6) is -0.136. The highest BCUT2D eigenvalue weighted by Crippen LogP contribution is 2.29. The molecule has 0 spiro atoms. The molecule has 0 radical (unpaired) electrons. The van der Waals surface area contributed by atoms with Crippen molar-refractivity contribution in [3.05, 3.63) is 50.7 Å². The van der Waals surface area contributed by atoms with E-state index in [1.54, 1.807) is 12.1 Å². The van der Waals surface area contributed by atoms with Gasteiger partial charge in [-0.25, -0.2) is 4.79 Å². The Bertz CT molecular complexity index is 772. The molecule has 0 aliphatic carbocycles. The van der Waals surface area contributed by atoms with Crippen LogP contribution < -0.4 is 11.2 Å². The number of hydrogen-bond donors (Lipinski definition) is 2. The van der Waals surface area contributed by atoms with Crippen LogP contribution in [0.15, 0.2) is 33.9 Å². The zero-order valence-electron chi connectivity index (χ0n) is 12.7. The first kappa shape index (κ1) is 15.1. The summed E-state index contributed by atoms with van der Waals surface area (Å²) in [4.78, 5) is 26.5. The predicted molar refractivity (Wildman–Crippen MR) is 82.7 cm³/mol. The van der Waals surface area contributed by atoms with Gasteiger partial charge in [-0.05, 0) is 30.9 Å². The van der Waals surface area contributed by atoms with Gasteiger partial charge >= 0.3 is 5.69 Å². The van der Waals surface area contributed by atoms with Gasteiger partial charge in [0.25, 0.3) is 5.56 Å². The number of nitrogens with one attached hydrogen (secondary N) is 1. The van der Waals surface area contributed by atoms with Gasteiger partial charge in [-0.2, -0.15) is 0 Å². The summed E-state index contributed by atoms with van der Waals surface area (Å²) >= 11 is 0. The number of benzene rings is 1. The van der Waals surface area contributed by atoms with Crippen molar-refractivity contribution < 1.29 is 5.11 Å². The molecule has 1 unspecified atom stereocenters. The highest BCUT2D eigenvalue weighted by atomic mass is 16.3. The third kappa shape index (κ3) is 2.63. The average Bonchev–Trinajstić information content (AvgIpc) is 2.40. The fourth-order valence-corrected chi connectivity index (χ4v) is 2.31. The summed E-state index contributed by atoms with van der Waals surface area (Å²) < 4.78 is 1.24. The second-order valence-electron chi connectivity index (χ2n) is 5.63. The van der Waals surface area contributed by atoms with Crippen LogP contribution in [0.4, 0.5) is 0 Å². The number of aromatic nitrogens is 2. The van der Waals surface area contributed by atoms with Crippen LogP contribution in [0.25, 0.3) is 11.1 Å². The fraction of sp³-hybridized carbons (Fsp3) is 0.375. The van der Waals surface area contributed by atoms with Gasteiger partial charge in [-0.3, -0.25) is 14.3 Å². The van der Waals surface area contributed by atoms with Crippen LogP contribution in [-0.4, -0.2) is 14.7 Å². The van der Waals surface area contributed by atoms with Gasteiger partial charge in [-0.1, -0.05) is 38.1 Å². The number of nitrogens with zero attached hydrogens (tertiary/aromatic N) is 1. The van der Waals surface area contributed by atoms with Crippen LogP contribution in [0.2, 0.25) is 0 Å². The van der Waals surface area contributed by atoms with Crippen LogP contribution in [0.5, 0.6) is 5.88 Å². The summed E-state index contributed by atoms with van der Waals surface area (Å²) in [6.07, 6.45) is 0. The Kier molecular flexibility index (Phi) is 4.02. The predicted octanol–water partition coefficient (Wildman–Crippen LogP) is 2.43. The third-order valence-electron chi connectivity index (χ3n) is 3.90. The van der Waals surface area contributed by atoms with E-state index in [-0.39, 0.29) is 23.4 Å². The molecule has 0 aliphatic rings. The highest BCUT2D eigenvalue weighted by molar-refractivity contribution is 5.70. The lowest BCUT2D eigenvalue weighted by molar-refractivity contribution is 0.326. The zero-order chi connectivity index (χ0) is 15.7. The molecule has 0 amide bonds. The second-order valence-corrected chi connectivity index (χ2v) is 5.63. The number of rotatable bonds is 3. The standard InChI is InChI=1S/C16H20N2O3/c1-9(2)11(4)18-15(20)13(14(19)17-16(18)21)12-8-6-5-7-10(12)3/h5-9,11,20H,1-4H3,(H,17,19,21). The molecule has 0 bridgehead atoms. The largest absolute Gasteiger partial charge is 0.494 e. The maximum absolute atomic E-state index is 12.1. The molecule has 0 aliphatic heterocycles. The lowest BCUT2D eigenvalue weighted by Gasteiger charge is -2.21. The van der Waals surface area contributed by atoms with E-state index >= 15 is 0 Å². The maximum Gasteiger partial charge on any atom is 0.331 e. The molecule has 2 rings (SSSR count). The summed E-state index contributed by atoms with van der Waals surface area (Å²) in [5.41, 5.74) is 0.469. The van der Waals surface area contributed by atoms with Crippen molar-refractivity contribution in [2.24, 2.45) is 5.92 Å². The van der Waals surface area contributed by atoms with Crippen LogP contribution in [0, 0.1) is 12.8 Å². The summed E-state index contributed by atoms with van der Waals surface area (Å²) in [6.45, 7) is 7.60. The minimum atomic E-state index is -0.587. The van der Waals surface area contributed by atoms with Gasteiger partial charge in [0.15, 0.2) is 0 Å². The Morgan fingerprint density at radius 3 is 2.33 bits per heavy atom. The van der Waals surface area contributed by atoms with E-state index in [9.17, 15) is 14.7 Å². The van der Waals surface area contributed by atoms with Crippen LogP contribution in [0.3, 0.4) is 0 Å². The van der Waals surface area contributed by atoms with Crippen LogP contribution in [0.1, 0.15) is 32.4 Å². The molecule has 1 heterocycles. The highest BCUT2D eigenvalue weighted by Gasteiger charge is 2.21. The molecule has 1 aromatic heterocycles. The molecule has 0 saturated carbocycles. The van der Waals surface area contributed by atoms with Crippen molar-refractivity contribution in [1.82, 2.24) is 9.55 Å². The molecule has 0 saturated heterocycles. The number of aromatic amines is 1. The molecule has 1 aromatic carbocycles. The lowest BCUT2D eigenvalue weighted by Crippen LogP contribution is -2.34. The monoisotopic (exact) mass is 288 g/mol. The number of hydrogen-bond acceptors (Lipinski definition) is 3. The number of H-pyrrole nitrogens is 1. The van der Waals surface area contributed by atoms with E-state index in [1.165, 1.54) is 4.57 Å². The van der Waals surface area contributed by atoms with Crippen molar-refractivity contribution in [2.75, 3.05) is 0 Å². The zero-order valence-corrected chi connectivity index (χ0v) is 12.7. The Hall–Kier alpha value is -2.30. The van der Waals surface area contributed by atoms with Crippen molar-refractivity contribution in [3.63, 3.8) is 0 Å². The van der Waals surface area contributed by atoms with E-state index in [2.05, 4.69) is 4.98 Å². The minimum absolute atomic E-state index is 0.139. The van der Waals surface area contributed by atoms with Crippen molar-refractivity contribution >= 4 is 0 Å². The van der Waals surface area contributed by atoms with Gasteiger partial charge in [0, 0.05) is 6.04 Å². The molecule has 112 valence electrons. The Labute approximate surface area is 122 Å². The van der Waals surface area contributed by atoms with Gasteiger partial charge in [-0.15, -0.1) is 0 Å². The first-order valence-corrected chi connectivity index (χ1v) is 6.98. The van der Waals surface area contributed by atoms with Gasteiger partial charge < -0.3 is 5.11 Å². The third-order valence-corrected chi connectivity index (χ3v) is 3.90. The molecule has 5 heteroatoms. The van der Waals surface area contributed by atoms with E-state index < -0.39 is 11.2 Å². The molecule has 1 atom stereocenters. The lowest BCUT2D eigenvalue weighted by atomic mass is 10.0. The number of aromatic hydroxyl groups is 1. The smallest absolute Gasteiger partial charge is 0.331 e. The molecule has 21 heavy (non-hydrogen) atoms. The van der Waals surface area contributed by atoms with Gasteiger partial charge in [0.05, 0.1) is 0 Å². The molecule has 5 nitrogen and oxygen atoms in total. The summed E-state index contributed by atoms with van der Waals surface area (Å²) in [5, 5.41) is 10.5.